The molecule has 0 atom stereocenters. The summed E-state index contributed by atoms with van der Waals surface area (Å²) in [6.45, 7) is 2.04. The Labute approximate surface area is 219 Å². The van der Waals surface area contributed by atoms with Crippen LogP contribution in [0.4, 0.5) is 0 Å². The first-order valence-corrected chi connectivity index (χ1v) is 12.7. The highest BCUT2D eigenvalue weighted by molar-refractivity contribution is 7.99. The van der Waals surface area contributed by atoms with E-state index in [2.05, 4.69) is 20.7 Å². The highest BCUT2D eigenvalue weighted by Crippen LogP contribution is 2.29. The van der Waals surface area contributed by atoms with Crippen LogP contribution >= 0.6 is 11.8 Å². The first kappa shape index (κ1) is 24.3. The van der Waals surface area contributed by atoms with Crippen molar-refractivity contribution in [1.82, 2.24) is 20.2 Å². The number of hydrogen-bond acceptors (Lipinski definition) is 6. The molecule has 1 amide bonds. The number of thioether (sulfide) groups is 1. The van der Waals surface area contributed by atoms with Crippen LogP contribution in [0.1, 0.15) is 11.1 Å². The van der Waals surface area contributed by atoms with E-state index >= 15 is 0 Å². The van der Waals surface area contributed by atoms with E-state index in [1.54, 1.807) is 13.3 Å². The summed E-state index contributed by atoms with van der Waals surface area (Å²) in [6.07, 6.45) is 1.67. The topological polar surface area (TPSA) is 81.4 Å². The largest absolute Gasteiger partial charge is 0.497 e. The molecule has 184 valence electrons. The second-order valence-corrected chi connectivity index (χ2v) is 9.30. The molecular weight excluding hydrogens is 482 g/mol. The van der Waals surface area contributed by atoms with E-state index in [0.717, 1.165) is 38.9 Å². The van der Waals surface area contributed by atoms with Gasteiger partial charge in [-0.05, 0) is 54.1 Å². The molecule has 0 unspecified atom stereocenters. The molecule has 37 heavy (non-hydrogen) atoms. The second kappa shape index (κ2) is 11.1. The maximum absolute atomic E-state index is 12.6. The number of aromatic nitrogens is 3. The third-order valence-electron chi connectivity index (χ3n) is 5.82. The van der Waals surface area contributed by atoms with E-state index in [-0.39, 0.29) is 11.7 Å². The van der Waals surface area contributed by atoms with Crippen molar-refractivity contribution in [3.8, 4) is 22.8 Å². The van der Waals surface area contributed by atoms with E-state index in [4.69, 9.17) is 4.74 Å². The molecule has 5 aromatic rings. The lowest BCUT2D eigenvalue weighted by Crippen LogP contribution is -2.20. The summed E-state index contributed by atoms with van der Waals surface area (Å²) in [5, 5.41) is 15.8. The lowest BCUT2D eigenvalue weighted by Gasteiger charge is -2.11. The third-order valence-corrected chi connectivity index (χ3v) is 6.75. The van der Waals surface area contributed by atoms with Gasteiger partial charge in [-0.15, -0.1) is 10.2 Å². The molecule has 0 saturated carbocycles. The molecule has 0 fully saturated rings. The number of carbonyl (C=O) groups is 1. The molecule has 1 N–H and O–H groups in total. The van der Waals surface area contributed by atoms with Crippen molar-refractivity contribution in [1.29, 1.82) is 0 Å². The maximum Gasteiger partial charge on any atom is 0.250 e. The molecule has 0 bridgehead atoms. The van der Waals surface area contributed by atoms with Gasteiger partial charge >= 0.3 is 0 Å². The van der Waals surface area contributed by atoms with Gasteiger partial charge in [-0.25, -0.2) is 5.43 Å². The number of rotatable bonds is 8. The van der Waals surface area contributed by atoms with Gasteiger partial charge in [-0.3, -0.25) is 9.36 Å². The molecule has 1 aromatic heterocycles. The number of benzene rings is 4. The maximum atomic E-state index is 12.6. The minimum Gasteiger partial charge on any atom is -0.497 e. The molecular formula is C29H25N5O2S. The summed E-state index contributed by atoms with van der Waals surface area (Å²) >= 11 is 1.30. The Kier molecular flexibility index (Phi) is 7.28. The summed E-state index contributed by atoms with van der Waals surface area (Å²) in [5.41, 5.74) is 6.52. The summed E-state index contributed by atoms with van der Waals surface area (Å²) < 4.78 is 7.24. The van der Waals surface area contributed by atoms with Crippen LogP contribution in [0.5, 0.6) is 5.75 Å². The predicted molar refractivity (Wildman–Crippen MR) is 148 cm³/mol. The van der Waals surface area contributed by atoms with Crippen LogP contribution in [0.2, 0.25) is 0 Å². The number of methoxy groups -OCH3 is 1. The second-order valence-electron chi connectivity index (χ2n) is 8.36. The van der Waals surface area contributed by atoms with Crippen molar-refractivity contribution >= 4 is 34.7 Å². The molecule has 1 heterocycles. The van der Waals surface area contributed by atoms with E-state index in [1.165, 1.54) is 11.8 Å². The normalized spacial score (nSPS) is 11.2. The monoisotopic (exact) mass is 507 g/mol. The lowest BCUT2D eigenvalue weighted by atomic mass is 10.1. The standard InChI is InChI=1S/C29H25N5O2S/c1-20-10-14-24(15-11-20)34-28(22-12-16-25(36-2)17-13-22)32-33-29(34)37-19-27(35)31-30-18-23-8-5-7-21-6-3-4-9-26(21)23/h3-18H,19H2,1-2H3,(H,31,35)/b30-18+. The number of carbonyl (C=O) groups excluding carboxylic acids is 1. The lowest BCUT2D eigenvalue weighted by molar-refractivity contribution is -0.118. The molecule has 0 spiro atoms. The predicted octanol–water partition coefficient (Wildman–Crippen LogP) is 5.65. The molecule has 0 aliphatic carbocycles. The Morgan fingerprint density at radius 1 is 0.973 bits per heavy atom. The SMILES string of the molecule is COc1ccc(-c2nnc(SCC(=O)N/N=C/c3cccc4ccccc34)n2-c2ccc(C)cc2)cc1. The van der Waals surface area contributed by atoms with Gasteiger partial charge in [0, 0.05) is 16.8 Å². The molecule has 0 saturated heterocycles. The van der Waals surface area contributed by atoms with Gasteiger partial charge < -0.3 is 4.74 Å². The number of ether oxygens (including phenoxy) is 1. The van der Waals surface area contributed by atoms with Crippen LogP contribution in [-0.4, -0.2) is 39.7 Å². The number of amides is 1. The minimum absolute atomic E-state index is 0.138. The van der Waals surface area contributed by atoms with Crippen LogP contribution in [0.25, 0.3) is 27.8 Å². The fraction of sp³-hybridized carbons (Fsp3) is 0.103. The Hall–Kier alpha value is -4.43. The van der Waals surface area contributed by atoms with Crippen molar-refractivity contribution in [3.63, 3.8) is 0 Å². The summed E-state index contributed by atoms with van der Waals surface area (Å²) in [4.78, 5) is 12.6. The van der Waals surface area contributed by atoms with E-state index in [1.807, 2.05) is 102 Å². The summed E-state index contributed by atoms with van der Waals surface area (Å²) in [5.74, 6) is 1.36. The number of hydrogen-bond donors (Lipinski definition) is 1. The van der Waals surface area contributed by atoms with E-state index < -0.39 is 0 Å². The van der Waals surface area contributed by atoms with Crippen LogP contribution in [0.15, 0.2) is 101 Å². The smallest absolute Gasteiger partial charge is 0.250 e. The van der Waals surface area contributed by atoms with Crippen LogP contribution < -0.4 is 10.2 Å². The Morgan fingerprint density at radius 3 is 2.51 bits per heavy atom. The van der Waals surface area contributed by atoms with E-state index in [0.29, 0.717) is 11.0 Å². The number of fused-ring (bicyclic) bond motifs is 1. The number of nitrogens with one attached hydrogen (secondary N) is 1. The number of aryl methyl sites for hydroxylation is 1. The van der Waals surface area contributed by atoms with Gasteiger partial charge in [-0.2, -0.15) is 5.10 Å². The first-order chi connectivity index (χ1) is 18.1. The zero-order chi connectivity index (χ0) is 25.6. The molecule has 0 aliphatic heterocycles. The first-order valence-electron chi connectivity index (χ1n) is 11.7. The average molecular weight is 508 g/mol. The Morgan fingerprint density at radius 2 is 1.73 bits per heavy atom. The van der Waals surface area contributed by atoms with Gasteiger partial charge in [0.25, 0.3) is 5.91 Å². The van der Waals surface area contributed by atoms with Gasteiger partial charge in [0.15, 0.2) is 11.0 Å². The highest BCUT2D eigenvalue weighted by Gasteiger charge is 2.17. The number of nitrogens with zero attached hydrogens (tertiary/aromatic N) is 4. The van der Waals surface area contributed by atoms with Crippen molar-refractivity contribution < 1.29 is 9.53 Å². The van der Waals surface area contributed by atoms with Crippen LogP contribution in [0.3, 0.4) is 0 Å². The minimum atomic E-state index is -0.231. The summed E-state index contributed by atoms with van der Waals surface area (Å²) in [7, 11) is 1.63. The Bertz CT molecular complexity index is 1550. The van der Waals surface area contributed by atoms with Crippen molar-refractivity contribution in [2.24, 2.45) is 5.10 Å². The third kappa shape index (κ3) is 5.54. The average Bonchev–Trinajstić information content (AvgIpc) is 3.36. The quantitative estimate of drug-likeness (QED) is 0.167. The molecule has 4 aromatic carbocycles. The van der Waals surface area contributed by atoms with Crippen LogP contribution in [0, 0.1) is 6.92 Å². The van der Waals surface area contributed by atoms with Gasteiger partial charge in [0.1, 0.15) is 5.75 Å². The van der Waals surface area contributed by atoms with Crippen LogP contribution in [-0.2, 0) is 4.79 Å². The summed E-state index contributed by atoms with van der Waals surface area (Å²) in [6, 6.07) is 29.8. The van der Waals surface area contributed by atoms with Gasteiger partial charge in [0.2, 0.25) is 0 Å². The Balaban J connectivity index is 1.33. The molecule has 7 nitrogen and oxygen atoms in total. The van der Waals surface area contributed by atoms with E-state index in [9.17, 15) is 4.79 Å². The van der Waals surface area contributed by atoms with Crippen molar-refractivity contribution in [2.75, 3.05) is 12.9 Å². The van der Waals surface area contributed by atoms with Gasteiger partial charge in [0.05, 0.1) is 19.1 Å². The van der Waals surface area contributed by atoms with Crippen molar-refractivity contribution in [2.45, 2.75) is 12.1 Å². The fourth-order valence-electron chi connectivity index (χ4n) is 3.92. The number of hydrazone groups is 1. The van der Waals surface area contributed by atoms with Gasteiger partial charge in [-0.1, -0.05) is 71.9 Å². The molecule has 8 heteroatoms. The fourth-order valence-corrected chi connectivity index (χ4v) is 4.66. The zero-order valence-electron chi connectivity index (χ0n) is 20.5. The molecule has 0 aliphatic rings. The molecule has 5 rings (SSSR count). The highest BCUT2D eigenvalue weighted by atomic mass is 32.2. The molecule has 0 radical (unpaired) electrons. The zero-order valence-corrected chi connectivity index (χ0v) is 21.3. The van der Waals surface area contributed by atoms with Crippen molar-refractivity contribution in [3.05, 3.63) is 102 Å².